The lowest BCUT2D eigenvalue weighted by molar-refractivity contribution is -0.135. The van der Waals surface area contributed by atoms with Gasteiger partial charge in [0, 0.05) is 41.9 Å². The van der Waals surface area contributed by atoms with Crippen molar-refractivity contribution in [3.8, 4) is 0 Å². The number of allylic oxidation sites excluding steroid dienone is 2. The van der Waals surface area contributed by atoms with Crippen molar-refractivity contribution in [3.63, 3.8) is 0 Å². The van der Waals surface area contributed by atoms with Gasteiger partial charge in [0.05, 0.1) is 17.9 Å². The van der Waals surface area contributed by atoms with Crippen molar-refractivity contribution in [2.45, 2.75) is 92.2 Å². The van der Waals surface area contributed by atoms with Crippen molar-refractivity contribution in [1.29, 1.82) is 0 Å². The maximum absolute atomic E-state index is 13.7. The maximum atomic E-state index is 13.7. The molecule has 0 aliphatic heterocycles. The number of carbonyl (C=O) groups is 1. The molecule has 210 valence electrons. The van der Waals surface area contributed by atoms with Crippen molar-refractivity contribution in [1.82, 2.24) is 4.98 Å². The first kappa shape index (κ1) is 33.2. The Hall–Kier alpha value is -1.81. The Kier molecular flexibility index (Phi) is 13.4. The van der Waals surface area contributed by atoms with E-state index < -0.39 is 41.2 Å². The summed E-state index contributed by atoms with van der Waals surface area (Å²) in [5.74, 6) is -1.13. The van der Waals surface area contributed by atoms with E-state index in [4.69, 9.17) is 10.5 Å². The average Bonchev–Trinajstić information content (AvgIpc) is 3.28. The summed E-state index contributed by atoms with van der Waals surface area (Å²) in [6, 6.07) is 0. The summed E-state index contributed by atoms with van der Waals surface area (Å²) in [4.78, 5) is 17.2. The molecular weight excluding hydrogens is 501 g/mol. The fourth-order valence-electron chi connectivity index (χ4n) is 4.34. The molecule has 0 saturated carbocycles. The first-order valence-corrected chi connectivity index (χ1v) is 13.6. The number of Topliss-reactive ketones (excluding diaryl/α,β-unsaturated/α-hetero) is 1. The zero-order chi connectivity index (χ0) is 28.4. The van der Waals surface area contributed by atoms with E-state index in [0.29, 0.717) is 18.7 Å². The molecule has 0 amide bonds. The van der Waals surface area contributed by atoms with E-state index in [-0.39, 0.29) is 18.6 Å². The third kappa shape index (κ3) is 10.5. The number of nitrogens with two attached hydrogens (primary N) is 1. The predicted molar refractivity (Wildman–Crippen MR) is 145 cm³/mol. The number of nitrogens with zero attached hydrogens (tertiary/aromatic N) is 1. The van der Waals surface area contributed by atoms with Gasteiger partial charge in [0.15, 0.2) is 0 Å². The molecule has 1 rings (SSSR count). The van der Waals surface area contributed by atoms with Gasteiger partial charge in [-0.25, -0.2) is 4.98 Å². The Balaban J connectivity index is 2.91. The summed E-state index contributed by atoms with van der Waals surface area (Å²) in [6.45, 7) is 11.2. The molecule has 0 spiro atoms. The highest BCUT2D eigenvalue weighted by Crippen LogP contribution is 2.32. The van der Waals surface area contributed by atoms with Crippen LogP contribution in [0.25, 0.3) is 6.08 Å². The third-order valence-corrected chi connectivity index (χ3v) is 7.53. The average molecular weight is 545 g/mol. The zero-order valence-electron chi connectivity index (χ0n) is 23.1. The van der Waals surface area contributed by atoms with E-state index in [0.717, 1.165) is 23.1 Å². The number of hydrogen-bond acceptors (Lipinski definition) is 6. The first-order valence-electron chi connectivity index (χ1n) is 12.7. The van der Waals surface area contributed by atoms with Crippen LogP contribution in [0.3, 0.4) is 0 Å². The fraction of sp³-hybridized carbons (Fsp3) is 0.643. The number of aromatic nitrogens is 1. The molecule has 1 aromatic heterocycles. The Labute approximate surface area is 223 Å². The number of ketones is 1. The van der Waals surface area contributed by atoms with Crippen LogP contribution in [0.2, 0.25) is 0 Å². The van der Waals surface area contributed by atoms with Gasteiger partial charge in [0.25, 0.3) is 0 Å². The van der Waals surface area contributed by atoms with E-state index in [1.807, 2.05) is 26.2 Å². The molecule has 0 fully saturated rings. The molecule has 3 N–H and O–H groups in total. The zero-order valence-corrected chi connectivity index (χ0v) is 23.9. The maximum Gasteiger partial charge on any atom is 0.412 e. The number of thiazole rings is 1. The Bertz CT molecular complexity index is 951. The molecule has 4 atom stereocenters. The number of methoxy groups -OCH3 is 1. The Morgan fingerprint density at radius 3 is 2.46 bits per heavy atom. The van der Waals surface area contributed by atoms with Crippen molar-refractivity contribution in [3.05, 3.63) is 45.5 Å². The highest BCUT2D eigenvalue weighted by atomic mass is 32.1. The fourth-order valence-corrected chi connectivity index (χ4v) is 4.97. The minimum absolute atomic E-state index is 0.0380. The van der Waals surface area contributed by atoms with Crippen LogP contribution in [0.4, 0.5) is 13.2 Å². The van der Waals surface area contributed by atoms with Gasteiger partial charge in [-0.05, 0) is 37.8 Å². The minimum atomic E-state index is -4.50. The van der Waals surface area contributed by atoms with Gasteiger partial charge in [-0.1, -0.05) is 59.3 Å². The number of ether oxygens (including phenoxy) is 1. The lowest BCUT2D eigenvalue weighted by Gasteiger charge is -2.30. The number of aliphatic hydroxyl groups is 1. The number of hydrogen-bond donors (Lipinski definition) is 2. The first-order chi connectivity index (χ1) is 17.2. The number of alkyl halides is 3. The van der Waals surface area contributed by atoms with Crippen LogP contribution in [-0.2, 0) is 16.1 Å². The summed E-state index contributed by atoms with van der Waals surface area (Å²) in [6.07, 6.45) is 1.17. The number of rotatable bonds is 15. The lowest BCUT2D eigenvalue weighted by atomic mass is 9.75. The summed E-state index contributed by atoms with van der Waals surface area (Å²) in [5.41, 5.74) is 5.80. The Morgan fingerprint density at radius 2 is 1.95 bits per heavy atom. The van der Waals surface area contributed by atoms with E-state index in [2.05, 4.69) is 4.98 Å². The molecule has 4 unspecified atom stereocenters. The van der Waals surface area contributed by atoms with Gasteiger partial charge in [-0.2, -0.15) is 13.2 Å². The van der Waals surface area contributed by atoms with Crippen LogP contribution in [0.1, 0.15) is 77.9 Å². The SMILES string of the molecule is CCCC(C)(C)C(=O)C(C)C(O)C(C)/C=C/C/C(=C\CC(OC)/C(C)=C/c1csc(CN)n1)C(F)(F)F. The molecule has 0 aromatic carbocycles. The molecule has 37 heavy (non-hydrogen) atoms. The number of aliphatic hydroxyl groups excluding tert-OH is 1. The minimum Gasteiger partial charge on any atom is -0.392 e. The molecule has 0 aliphatic rings. The van der Waals surface area contributed by atoms with Gasteiger partial charge in [0.1, 0.15) is 10.8 Å². The van der Waals surface area contributed by atoms with Crippen LogP contribution < -0.4 is 5.73 Å². The molecule has 5 nitrogen and oxygen atoms in total. The number of carbonyl (C=O) groups excluding carboxylic acids is 1. The molecular formula is C28H43F3N2O3S. The van der Waals surface area contributed by atoms with Gasteiger partial charge < -0.3 is 15.6 Å². The largest absolute Gasteiger partial charge is 0.412 e. The highest BCUT2D eigenvalue weighted by Gasteiger charge is 2.36. The predicted octanol–water partition coefficient (Wildman–Crippen LogP) is 6.87. The van der Waals surface area contributed by atoms with Crippen molar-refractivity contribution in [2.75, 3.05) is 7.11 Å². The van der Waals surface area contributed by atoms with Gasteiger partial charge >= 0.3 is 6.18 Å². The molecule has 0 radical (unpaired) electrons. The van der Waals surface area contributed by atoms with Crippen LogP contribution >= 0.6 is 11.3 Å². The second-order valence-electron chi connectivity index (χ2n) is 10.2. The van der Waals surface area contributed by atoms with E-state index in [9.17, 15) is 23.1 Å². The van der Waals surface area contributed by atoms with Gasteiger partial charge in [-0.3, -0.25) is 4.79 Å². The summed E-state index contributed by atoms with van der Waals surface area (Å²) in [7, 11) is 1.46. The highest BCUT2D eigenvalue weighted by molar-refractivity contribution is 7.09. The third-order valence-electron chi connectivity index (χ3n) is 6.64. The van der Waals surface area contributed by atoms with E-state index in [1.165, 1.54) is 24.5 Å². The van der Waals surface area contributed by atoms with E-state index in [1.54, 1.807) is 32.9 Å². The van der Waals surface area contributed by atoms with E-state index >= 15 is 0 Å². The second kappa shape index (κ2) is 15.0. The smallest absolute Gasteiger partial charge is 0.392 e. The second-order valence-corrected chi connectivity index (χ2v) is 11.2. The van der Waals surface area contributed by atoms with Gasteiger partial charge in [0.2, 0.25) is 0 Å². The van der Waals surface area contributed by atoms with Crippen LogP contribution in [0.5, 0.6) is 0 Å². The normalized spacial score (nSPS) is 17.2. The topological polar surface area (TPSA) is 85.4 Å². The molecule has 9 heteroatoms. The quantitative estimate of drug-likeness (QED) is 0.235. The monoisotopic (exact) mass is 544 g/mol. The summed E-state index contributed by atoms with van der Waals surface area (Å²) >= 11 is 1.43. The van der Waals surface area contributed by atoms with Crippen molar-refractivity contribution >= 4 is 23.2 Å². The number of halogens is 3. The van der Waals surface area contributed by atoms with Crippen molar-refractivity contribution < 1.29 is 27.8 Å². The molecule has 0 aliphatic carbocycles. The van der Waals surface area contributed by atoms with Crippen LogP contribution in [0.15, 0.2) is 34.8 Å². The van der Waals surface area contributed by atoms with Gasteiger partial charge in [-0.15, -0.1) is 11.3 Å². The molecule has 0 bridgehead atoms. The summed E-state index contributed by atoms with van der Waals surface area (Å²) < 4.78 is 46.6. The molecule has 0 saturated heterocycles. The van der Waals surface area contributed by atoms with Crippen molar-refractivity contribution in [2.24, 2.45) is 23.0 Å². The standard InChI is InChI=1S/C28H43F3N2O3S/c1-8-14-27(5,6)26(35)20(4)25(34)18(2)10-9-11-21(28(29,30)31)12-13-23(36-7)19(3)15-22-17-37-24(16-32)33-22/h9-10,12,15,17-18,20,23,25,34H,8,11,13-14,16,32H2,1-7H3/b10-9+,19-15+,21-12+. The molecule has 1 heterocycles. The van der Waals surface area contributed by atoms with Crippen LogP contribution in [0, 0.1) is 17.3 Å². The van der Waals surface area contributed by atoms with Crippen LogP contribution in [-0.4, -0.2) is 41.4 Å². The lowest BCUT2D eigenvalue weighted by Crippen LogP contribution is -2.38. The Morgan fingerprint density at radius 1 is 1.30 bits per heavy atom. The summed E-state index contributed by atoms with van der Waals surface area (Å²) in [5, 5.41) is 13.3. The molecule has 1 aromatic rings.